The fourth-order valence-corrected chi connectivity index (χ4v) is 3.44. The highest BCUT2D eigenvalue weighted by Crippen LogP contribution is 2.08. The molecule has 1 aromatic rings. The highest BCUT2D eigenvalue weighted by molar-refractivity contribution is 4.83. The first-order valence-corrected chi connectivity index (χ1v) is 10.4. The lowest BCUT2D eigenvalue weighted by molar-refractivity contribution is -0.704. The molecule has 1 rings (SSSR count). The number of rotatable bonds is 15. The van der Waals surface area contributed by atoms with Gasteiger partial charge in [-0.1, -0.05) is 72.1 Å². The second-order valence-electron chi connectivity index (χ2n) is 6.99. The van der Waals surface area contributed by atoms with Gasteiger partial charge in [-0.15, -0.1) is 0 Å². The summed E-state index contributed by atoms with van der Waals surface area (Å²) in [7, 11) is 0. The van der Waals surface area contributed by atoms with E-state index in [1.807, 2.05) is 0 Å². The van der Waals surface area contributed by atoms with Crippen molar-refractivity contribution in [1.29, 1.82) is 0 Å². The predicted octanol–water partition coefficient (Wildman–Crippen LogP) is 6.06. The molecule has 0 unspecified atom stereocenters. The van der Waals surface area contributed by atoms with Crippen LogP contribution < -0.4 is 4.57 Å². The molecular weight excluding hydrogens is 280 g/mol. The third-order valence-electron chi connectivity index (χ3n) is 4.91. The Labute approximate surface area is 145 Å². The number of imidazole rings is 1. The van der Waals surface area contributed by atoms with Gasteiger partial charge >= 0.3 is 0 Å². The van der Waals surface area contributed by atoms with Crippen LogP contribution in [0.15, 0.2) is 12.4 Å². The summed E-state index contributed by atoms with van der Waals surface area (Å²) in [5.41, 5.74) is 0. The molecule has 2 heteroatoms. The van der Waals surface area contributed by atoms with Crippen LogP contribution in [-0.4, -0.2) is 4.57 Å². The van der Waals surface area contributed by atoms with E-state index in [1.165, 1.54) is 96.0 Å². The minimum Gasteiger partial charge on any atom is -0.234 e. The van der Waals surface area contributed by atoms with Crippen molar-refractivity contribution in [3.8, 4) is 0 Å². The van der Waals surface area contributed by atoms with Gasteiger partial charge in [0.15, 0.2) is 0 Å². The maximum Gasteiger partial charge on any atom is 0.256 e. The van der Waals surface area contributed by atoms with Gasteiger partial charge in [0.05, 0.1) is 13.1 Å². The molecule has 0 saturated heterocycles. The lowest BCUT2D eigenvalue weighted by Gasteiger charge is -2.04. The van der Waals surface area contributed by atoms with E-state index < -0.39 is 0 Å². The molecule has 0 radical (unpaired) electrons. The molecule has 1 aromatic heterocycles. The molecule has 0 aliphatic rings. The van der Waals surface area contributed by atoms with E-state index in [4.69, 9.17) is 0 Å². The fraction of sp³-hybridized carbons (Fsp3) is 0.857. The smallest absolute Gasteiger partial charge is 0.234 e. The van der Waals surface area contributed by atoms with Crippen LogP contribution in [0.1, 0.15) is 104 Å². The normalized spacial score (nSPS) is 11.3. The molecule has 0 aliphatic heterocycles. The molecule has 0 amide bonds. The summed E-state index contributed by atoms with van der Waals surface area (Å²) in [6, 6.07) is 0. The Morgan fingerprint density at radius 2 is 1.30 bits per heavy atom. The zero-order valence-corrected chi connectivity index (χ0v) is 16.2. The maximum absolute atomic E-state index is 2.50. The summed E-state index contributed by atoms with van der Waals surface area (Å²) in [5.74, 6) is 1.52. The van der Waals surface area contributed by atoms with Crippen LogP contribution in [-0.2, 0) is 19.5 Å². The van der Waals surface area contributed by atoms with E-state index in [0.29, 0.717) is 0 Å². The fourth-order valence-electron chi connectivity index (χ4n) is 3.44. The van der Waals surface area contributed by atoms with Crippen LogP contribution in [0.4, 0.5) is 0 Å². The van der Waals surface area contributed by atoms with E-state index in [9.17, 15) is 0 Å². The first kappa shape index (κ1) is 20.3. The van der Waals surface area contributed by atoms with Crippen LogP contribution in [0, 0.1) is 0 Å². The molecule has 134 valence electrons. The van der Waals surface area contributed by atoms with Gasteiger partial charge in [0, 0.05) is 6.42 Å². The summed E-state index contributed by atoms with van der Waals surface area (Å²) in [4.78, 5) is 0. The second kappa shape index (κ2) is 13.6. The average molecular weight is 322 g/mol. The topological polar surface area (TPSA) is 8.81 Å². The van der Waals surface area contributed by atoms with E-state index >= 15 is 0 Å². The van der Waals surface area contributed by atoms with Crippen molar-refractivity contribution < 1.29 is 4.57 Å². The van der Waals surface area contributed by atoms with Gasteiger partial charge in [-0.25, -0.2) is 9.13 Å². The largest absolute Gasteiger partial charge is 0.256 e. The molecule has 0 spiro atoms. The minimum absolute atomic E-state index is 1.15. The molecule has 1 heterocycles. The van der Waals surface area contributed by atoms with Crippen molar-refractivity contribution in [3.05, 3.63) is 18.2 Å². The average Bonchev–Trinajstić information content (AvgIpc) is 2.95. The van der Waals surface area contributed by atoms with Crippen LogP contribution in [0.2, 0.25) is 0 Å². The quantitative estimate of drug-likeness (QED) is 0.274. The Bertz CT molecular complexity index is 381. The Morgan fingerprint density at radius 1 is 0.739 bits per heavy atom. The molecule has 2 nitrogen and oxygen atoms in total. The van der Waals surface area contributed by atoms with Gasteiger partial charge in [0.25, 0.3) is 5.82 Å². The summed E-state index contributed by atoms with van der Waals surface area (Å²) in [6.07, 6.45) is 22.4. The monoisotopic (exact) mass is 321 g/mol. The highest BCUT2D eigenvalue weighted by Gasteiger charge is 2.14. The molecule has 0 aliphatic carbocycles. The first-order valence-electron chi connectivity index (χ1n) is 10.4. The molecule has 0 saturated carbocycles. The lowest BCUT2D eigenvalue weighted by atomic mass is 10.1. The lowest BCUT2D eigenvalue weighted by Crippen LogP contribution is -2.37. The SMILES string of the molecule is CCCCCCCCC[n+]1ccn(CCCCCCC)c1CC. The number of nitrogens with zero attached hydrogens (tertiary/aromatic N) is 2. The van der Waals surface area contributed by atoms with E-state index in [2.05, 4.69) is 42.3 Å². The van der Waals surface area contributed by atoms with Gasteiger partial charge in [-0.3, -0.25) is 0 Å². The Hall–Kier alpha value is -0.790. The van der Waals surface area contributed by atoms with Crippen LogP contribution in [0.3, 0.4) is 0 Å². The number of aryl methyl sites for hydroxylation is 2. The van der Waals surface area contributed by atoms with Crippen molar-refractivity contribution in [2.45, 2.75) is 117 Å². The van der Waals surface area contributed by atoms with Crippen molar-refractivity contribution in [1.82, 2.24) is 4.57 Å². The molecular formula is C21H41N2+. The van der Waals surface area contributed by atoms with Crippen LogP contribution >= 0.6 is 0 Å². The van der Waals surface area contributed by atoms with Gasteiger partial charge in [0.1, 0.15) is 12.4 Å². The summed E-state index contributed by atoms with van der Waals surface area (Å²) < 4.78 is 4.99. The van der Waals surface area contributed by atoms with Crippen LogP contribution in [0.5, 0.6) is 0 Å². The second-order valence-corrected chi connectivity index (χ2v) is 6.99. The highest BCUT2D eigenvalue weighted by atomic mass is 15.1. The summed E-state index contributed by atoms with van der Waals surface area (Å²) in [5, 5.41) is 0. The molecule has 23 heavy (non-hydrogen) atoms. The number of aromatic nitrogens is 2. The van der Waals surface area contributed by atoms with E-state index in [-0.39, 0.29) is 0 Å². The van der Waals surface area contributed by atoms with Crippen molar-refractivity contribution in [3.63, 3.8) is 0 Å². The maximum atomic E-state index is 2.50. The van der Waals surface area contributed by atoms with Gasteiger partial charge < -0.3 is 0 Å². The summed E-state index contributed by atoms with van der Waals surface area (Å²) in [6.45, 7) is 9.28. The number of hydrogen-bond acceptors (Lipinski definition) is 0. The molecule has 0 fully saturated rings. The summed E-state index contributed by atoms with van der Waals surface area (Å²) >= 11 is 0. The van der Waals surface area contributed by atoms with Crippen LogP contribution in [0.25, 0.3) is 0 Å². The molecule has 0 atom stereocenters. The van der Waals surface area contributed by atoms with Crippen molar-refractivity contribution >= 4 is 0 Å². The Morgan fingerprint density at radius 3 is 1.91 bits per heavy atom. The Balaban J connectivity index is 2.25. The standard InChI is InChI=1S/C21H41N2/c1-4-7-9-11-12-14-16-18-23-20-19-22(21(23)6-3)17-15-13-10-8-5-2/h19-20H,4-18H2,1-3H3/q+1. The van der Waals surface area contributed by atoms with Gasteiger partial charge in [0.2, 0.25) is 0 Å². The molecule has 0 bridgehead atoms. The van der Waals surface area contributed by atoms with Gasteiger partial charge in [-0.05, 0) is 25.7 Å². The van der Waals surface area contributed by atoms with Crippen molar-refractivity contribution in [2.24, 2.45) is 0 Å². The number of hydrogen-bond donors (Lipinski definition) is 0. The van der Waals surface area contributed by atoms with E-state index in [0.717, 1.165) is 6.42 Å². The van der Waals surface area contributed by atoms with E-state index in [1.54, 1.807) is 0 Å². The van der Waals surface area contributed by atoms with Gasteiger partial charge in [-0.2, -0.15) is 0 Å². The molecule has 0 N–H and O–H groups in total. The predicted molar refractivity (Wildman–Crippen MR) is 101 cm³/mol. The third kappa shape index (κ3) is 8.58. The zero-order valence-electron chi connectivity index (χ0n) is 16.2. The molecule has 0 aromatic carbocycles. The zero-order chi connectivity index (χ0) is 16.8. The Kier molecular flexibility index (Phi) is 12.0. The van der Waals surface area contributed by atoms with Crippen molar-refractivity contribution in [2.75, 3.05) is 0 Å². The third-order valence-corrected chi connectivity index (χ3v) is 4.91. The first-order chi connectivity index (χ1) is 11.3. The minimum atomic E-state index is 1.15. The number of unbranched alkanes of at least 4 members (excludes halogenated alkanes) is 10.